The maximum atomic E-state index is 12.9. The van der Waals surface area contributed by atoms with E-state index in [4.69, 9.17) is 14.2 Å². The second kappa shape index (κ2) is 52.2. The third kappa shape index (κ3) is 53.6. The lowest BCUT2D eigenvalue weighted by Crippen LogP contribution is -2.30. The Hall–Kier alpha value is -1.59. The molecule has 0 fully saturated rings. The number of ether oxygens (including phenoxy) is 3. The fourth-order valence-corrected chi connectivity index (χ4v) is 9.32. The molecule has 398 valence electrons. The van der Waals surface area contributed by atoms with Crippen molar-refractivity contribution in [3.8, 4) is 0 Å². The standard InChI is InChI=1S/C61H118O6/c1-7-57(6)49-43-37-31-27-28-33-39-45-51-60(63)66-54-58(67-61(64)52-46-40-34-26-22-18-14-16-20-24-30-36-42-48-56(4)5)53-65-59(62)50-44-38-32-25-21-17-13-11-9-8-10-12-15-19-23-29-35-41-47-55(2)3/h55-58H,7-54H2,1-6H3/t57?,58-/m0/s1. The first-order valence-corrected chi connectivity index (χ1v) is 30.1. The quantitative estimate of drug-likeness (QED) is 0.0343. The van der Waals surface area contributed by atoms with Crippen LogP contribution in [0.5, 0.6) is 0 Å². The summed E-state index contributed by atoms with van der Waals surface area (Å²) in [5, 5.41) is 0. The van der Waals surface area contributed by atoms with Crippen LogP contribution in [0.3, 0.4) is 0 Å². The van der Waals surface area contributed by atoms with Crippen LogP contribution < -0.4 is 0 Å². The highest BCUT2D eigenvalue weighted by Gasteiger charge is 2.19. The van der Waals surface area contributed by atoms with Gasteiger partial charge < -0.3 is 14.2 Å². The van der Waals surface area contributed by atoms with Crippen LogP contribution in [-0.2, 0) is 28.6 Å². The number of carbonyl (C=O) groups is 3. The first-order chi connectivity index (χ1) is 32.6. The van der Waals surface area contributed by atoms with Gasteiger partial charge in [-0.05, 0) is 37.0 Å². The second-order valence-electron chi connectivity index (χ2n) is 22.2. The molecule has 0 bridgehead atoms. The lowest BCUT2D eigenvalue weighted by Gasteiger charge is -2.18. The zero-order valence-electron chi connectivity index (χ0n) is 46.2. The molecular weight excluding hydrogens is 829 g/mol. The van der Waals surface area contributed by atoms with E-state index in [1.54, 1.807) is 0 Å². The predicted octanol–water partition coefficient (Wildman–Crippen LogP) is 19.9. The molecule has 6 nitrogen and oxygen atoms in total. The van der Waals surface area contributed by atoms with Crippen LogP contribution in [0.4, 0.5) is 0 Å². The van der Waals surface area contributed by atoms with Crippen molar-refractivity contribution in [2.45, 2.75) is 343 Å². The Kier molecular flexibility index (Phi) is 51.0. The summed E-state index contributed by atoms with van der Waals surface area (Å²) >= 11 is 0. The van der Waals surface area contributed by atoms with Crippen molar-refractivity contribution in [1.82, 2.24) is 0 Å². The summed E-state index contributed by atoms with van der Waals surface area (Å²) in [6.07, 6.45) is 55.3. The minimum atomic E-state index is -0.764. The number of hydrogen-bond donors (Lipinski definition) is 0. The molecule has 0 aromatic carbocycles. The third-order valence-electron chi connectivity index (χ3n) is 14.3. The lowest BCUT2D eigenvalue weighted by atomic mass is 9.99. The molecule has 0 radical (unpaired) electrons. The summed E-state index contributed by atoms with van der Waals surface area (Å²) in [4.78, 5) is 38.2. The highest BCUT2D eigenvalue weighted by Crippen LogP contribution is 2.19. The fraction of sp³-hybridized carbons (Fsp3) is 0.951. The Morgan fingerprint density at radius 2 is 0.522 bits per heavy atom. The van der Waals surface area contributed by atoms with Crippen molar-refractivity contribution in [2.24, 2.45) is 17.8 Å². The predicted molar refractivity (Wildman–Crippen MR) is 289 cm³/mol. The Morgan fingerprint density at radius 1 is 0.299 bits per heavy atom. The topological polar surface area (TPSA) is 78.9 Å². The Labute approximate surface area is 418 Å². The minimum Gasteiger partial charge on any atom is -0.462 e. The molecule has 6 heteroatoms. The third-order valence-corrected chi connectivity index (χ3v) is 14.3. The van der Waals surface area contributed by atoms with Crippen molar-refractivity contribution in [1.29, 1.82) is 0 Å². The highest BCUT2D eigenvalue weighted by atomic mass is 16.6. The van der Waals surface area contributed by atoms with Crippen molar-refractivity contribution in [3.63, 3.8) is 0 Å². The van der Waals surface area contributed by atoms with Crippen molar-refractivity contribution in [3.05, 3.63) is 0 Å². The van der Waals surface area contributed by atoms with Gasteiger partial charge in [-0.25, -0.2) is 0 Å². The van der Waals surface area contributed by atoms with Crippen molar-refractivity contribution < 1.29 is 28.6 Å². The van der Waals surface area contributed by atoms with Gasteiger partial charge in [0.15, 0.2) is 6.10 Å². The monoisotopic (exact) mass is 947 g/mol. The van der Waals surface area contributed by atoms with Gasteiger partial charge in [-0.1, -0.05) is 298 Å². The molecule has 0 rings (SSSR count). The van der Waals surface area contributed by atoms with Gasteiger partial charge in [0, 0.05) is 19.3 Å². The average Bonchev–Trinajstić information content (AvgIpc) is 3.30. The van der Waals surface area contributed by atoms with E-state index in [1.165, 1.54) is 218 Å². The summed E-state index contributed by atoms with van der Waals surface area (Å²) < 4.78 is 16.9. The molecule has 2 atom stereocenters. The number of carbonyl (C=O) groups excluding carboxylic acids is 3. The van der Waals surface area contributed by atoms with Gasteiger partial charge in [0.2, 0.25) is 0 Å². The van der Waals surface area contributed by atoms with Gasteiger partial charge in [-0.15, -0.1) is 0 Å². The molecule has 0 aromatic heterocycles. The van der Waals surface area contributed by atoms with Crippen LogP contribution in [0.15, 0.2) is 0 Å². The summed E-state index contributed by atoms with van der Waals surface area (Å²) in [6, 6.07) is 0. The van der Waals surface area contributed by atoms with Crippen LogP contribution >= 0.6 is 0 Å². The summed E-state index contributed by atoms with van der Waals surface area (Å²) in [5.74, 6) is 1.70. The average molecular weight is 948 g/mol. The number of hydrogen-bond acceptors (Lipinski definition) is 6. The molecule has 0 saturated carbocycles. The van der Waals surface area contributed by atoms with Gasteiger partial charge in [0.05, 0.1) is 0 Å². The van der Waals surface area contributed by atoms with Crippen LogP contribution in [0.25, 0.3) is 0 Å². The molecule has 0 amide bonds. The fourth-order valence-electron chi connectivity index (χ4n) is 9.32. The first-order valence-electron chi connectivity index (χ1n) is 30.1. The molecule has 67 heavy (non-hydrogen) atoms. The van der Waals surface area contributed by atoms with E-state index in [2.05, 4.69) is 41.5 Å². The zero-order valence-corrected chi connectivity index (χ0v) is 46.2. The van der Waals surface area contributed by atoms with Crippen molar-refractivity contribution >= 4 is 17.9 Å². The van der Waals surface area contributed by atoms with Gasteiger partial charge in [-0.2, -0.15) is 0 Å². The molecule has 0 spiro atoms. The summed E-state index contributed by atoms with van der Waals surface area (Å²) in [5.41, 5.74) is 0. The summed E-state index contributed by atoms with van der Waals surface area (Å²) in [7, 11) is 0. The van der Waals surface area contributed by atoms with Crippen LogP contribution in [0.1, 0.15) is 337 Å². The molecule has 0 heterocycles. The Bertz CT molecular complexity index is 1040. The molecular formula is C61H118O6. The highest BCUT2D eigenvalue weighted by molar-refractivity contribution is 5.71. The molecule has 0 saturated heterocycles. The van der Waals surface area contributed by atoms with E-state index in [0.717, 1.165) is 75.5 Å². The van der Waals surface area contributed by atoms with Crippen LogP contribution in [0, 0.1) is 17.8 Å². The van der Waals surface area contributed by atoms with E-state index in [-0.39, 0.29) is 31.1 Å². The van der Waals surface area contributed by atoms with Gasteiger partial charge in [0.25, 0.3) is 0 Å². The molecule has 0 aliphatic carbocycles. The Balaban J connectivity index is 4.25. The first kappa shape index (κ1) is 65.4. The van der Waals surface area contributed by atoms with E-state index < -0.39 is 6.10 Å². The van der Waals surface area contributed by atoms with Crippen molar-refractivity contribution in [2.75, 3.05) is 13.2 Å². The maximum Gasteiger partial charge on any atom is 0.306 e. The molecule has 1 unspecified atom stereocenters. The van der Waals surface area contributed by atoms with Crippen LogP contribution in [-0.4, -0.2) is 37.2 Å². The minimum absolute atomic E-state index is 0.0635. The molecule has 0 aromatic rings. The van der Waals surface area contributed by atoms with E-state index >= 15 is 0 Å². The van der Waals surface area contributed by atoms with Crippen LogP contribution in [0.2, 0.25) is 0 Å². The second-order valence-corrected chi connectivity index (χ2v) is 22.2. The molecule has 0 aliphatic rings. The van der Waals surface area contributed by atoms with E-state index in [9.17, 15) is 14.4 Å². The normalized spacial score (nSPS) is 12.5. The lowest BCUT2D eigenvalue weighted by molar-refractivity contribution is -0.167. The van der Waals surface area contributed by atoms with Gasteiger partial charge in [0.1, 0.15) is 13.2 Å². The molecule has 0 aliphatic heterocycles. The zero-order chi connectivity index (χ0) is 49.1. The summed E-state index contributed by atoms with van der Waals surface area (Å²) in [6.45, 7) is 13.8. The maximum absolute atomic E-state index is 12.9. The van der Waals surface area contributed by atoms with Gasteiger partial charge >= 0.3 is 17.9 Å². The largest absolute Gasteiger partial charge is 0.462 e. The Morgan fingerprint density at radius 3 is 0.776 bits per heavy atom. The number of unbranched alkanes of at least 4 members (excludes halogenated alkanes) is 36. The van der Waals surface area contributed by atoms with Gasteiger partial charge in [-0.3, -0.25) is 14.4 Å². The smallest absolute Gasteiger partial charge is 0.306 e. The number of rotatable bonds is 54. The molecule has 0 N–H and O–H groups in total. The number of esters is 3. The van der Waals surface area contributed by atoms with E-state index in [1.807, 2.05) is 0 Å². The van der Waals surface area contributed by atoms with E-state index in [0.29, 0.717) is 19.3 Å². The SMILES string of the molecule is CCC(C)CCCCCCCCCCC(=O)OC[C@H](COC(=O)CCCCCCCCCCCCCCCCCCCCC(C)C)OC(=O)CCCCCCCCCCCCCCCC(C)C.